The summed E-state index contributed by atoms with van der Waals surface area (Å²) in [6, 6.07) is 1.30. The minimum atomic E-state index is -4.52. The van der Waals surface area contributed by atoms with E-state index in [9.17, 15) is 18.3 Å². The van der Waals surface area contributed by atoms with Crippen LogP contribution in [-0.4, -0.2) is 22.4 Å². The fourth-order valence-corrected chi connectivity index (χ4v) is 1.09. The molecule has 1 rings (SSSR count). The van der Waals surface area contributed by atoms with Gasteiger partial charge in [-0.05, 0) is 23.8 Å². The number of rotatable bonds is 2. The third kappa shape index (κ3) is 3.02. The molecule has 1 aromatic rings. The normalized spacial score (nSPS) is 13.9. The molecule has 0 radical (unpaired) electrons. The summed E-state index contributed by atoms with van der Waals surface area (Å²) in [7, 11) is 0. The van der Waals surface area contributed by atoms with E-state index >= 15 is 0 Å². The first-order valence-electron chi connectivity index (χ1n) is 4.14. The van der Waals surface area contributed by atoms with Crippen LogP contribution in [-0.2, 0) is 6.42 Å². The summed E-state index contributed by atoms with van der Waals surface area (Å²) < 4.78 is 36.3. The number of nitrogens with two attached hydrogens (primary N) is 1. The minimum Gasteiger partial charge on any atom is -0.508 e. The van der Waals surface area contributed by atoms with Crippen LogP contribution in [0.3, 0.4) is 0 Å². The summed E-state index contributed by atoms with van der Waals surface area (Å²) in [4.78, 5) is 0. The van der Waals surface area contributed by atoms with Gasteiger partial charge in [0.25, 0.3) is 0 Å². The first kappa shape index (κ1) is 11.6. The van der Waals surface area contributed by atoms with Gasteiger partial charge in [-0.1, -0.05) is 0 Å². The molecule has 6 heteroatoms. The summed E-state index contributed by atoms with van der Waals surface area (Å²) in [6.45, 7) is 0. The Hall–Kier alpha value is -1.43. The predicted molar refractivity (Wildman–Crippen MR) is 47.5 cm³/mol. The largest absolute Gasteiger partial charge is 0.508 e. The molecule has 0 aliphatic carbocycles. The Balaban J connectivity index is 2.85. The van der Waals surface area contributed by atoms with Gasteiger partial charge >= 0.3 is 6.18 Å². The maximum Gasteiger partial charge on any atom is 0.403 e. The number of phenolic OH excluding ortho intramolecular Hbond substituents is 2. The summed E-state index contributed by atoms with van der Waals surface area (Å²) in [5, 5.41) is 18.2. The number of halogens is 3. The first-order valence-corrected chi connectivity index (χ1v) is 4.14. The standard InChI is InChI=1S/C9H10F3NO2/c10-9(11,12)8(13)4-5-3-6(14)1-2-7(5)15/h1-3,8,14-15H,4,13H2. The lowest BCUT2D eigenvalue weighted by Crippen LogP contribution is -2.39. The maximum absolute atomic E-state index is 12.1. The van der Waals surface area contributed by atoms with Gasteiger partial charge in [-0.25, -0.2) is 0 Å². The molecule has 0 saturated carbocycles. The lowest BCUT2D eigenvalue weighted by molar-refractivity contribution is -0.147. The Kier molecular flexibility index (Phi) is 3.09. The number of benzene rings is 1. The molecule has 0 saturated heterocycles. The maximum atomic E-state index is 12.1. The molecule has 0 aromatic heterocycles. The monoisotopic (exact) mass is 221 g/mol. The summed E-state index contributed by atoms with van der Waals surface area (Å²) in [5.74, 6) is -0.523. The Labute approximate surface area is 84.0 Å². The highest BCUT2D eigenvalue weighted by Gasteiger charge is 2.36. The van der Waals surface area contributed by atoms with Gasteiger partial charge in [0.05, 0.1) is 0 Å². The number of phenols is 2. The second kappa shape index (κ2) is 3.98. The molecule has 0 fully saturated rings. The minimum absolute atomic E-state index is 0.0279. The van der Waals surface area contributed by atoms with Crippen LogP contribution < -0.4 is 5.73 Å². The molecule has 4 N–H and O–H groups in total. The molecular formula is C9H10F3NO2. The van der Waals surface area contributed by atoms with Crippen molar-refractivity contribution in [3.05, 3.63) is 23.8 Å². The van der Waals surface area contributed by atoms with Crippen LogP contribution in [0.1, 0.15) is 5.56 Å². The van der Waals surface area contributed by atoms with Crippen molar-refractivity contribution in [3.63, 3.8) is 0 Å². The van der Waals surface area contributed by atoms with Crippen molar-refractivity contribution >= 4 is 0 Å². The summed E-state index contributed by atoms with van der Waals surface area (Å²) >= 11 is 0. The van der Waals surface area contributed by atoms with E-state index in [1.807, 2.05) is 0 Å². The van der Waals surface area contributed by atoms with E-state index in [4.69, 9.17) is 10.8 Å². The van der Waals surface area contributed by atoms with E-state index in [1.54, 1.807) is 0 Å². The van der Waals surface area contributed by atoms with Crippen LogP contribution >= 0.6 is 0 Å². The van der Waals surface area contributed by atoms with Crippen molar-refractivity contribution in [1.82, 2.24) is 0 Å². The summed E-state index contributed by atoms with van der Waals surface area (Å²) in [5.41, 5.74) is 4.86. The topological polar surface area (TPSA) is 66.5 Å². The molecule has 3 nitrogen and oxygen atoms in total. The van der Waals surface area contributed by atoms with Crippen molar-refractivity contribution < 1.29 is 23.4 Å². The molecule has 1 unspecified atom stereocenters. The lowest BCUT2D eigenvalue weighted by atomic mass is 10.0. The van der Waals surface area contributed by atoms with Crippen LogP contribution in [0.2, 0.25) is 0 Å². The second-order valence-corrected chi connectivity index (χ2v) is 3.17. The zero-order valence-corrected chi connectivity index (χ0v) is 7.62. The molecule has 0 heterocycles. The molecule has 1 aromatic carbocycles. The highest BCUT2D eigenvalue weighted by atomic mass is 19.4. The van der Waals surface area contributed by atoms with Crippen molar-refractivity contribution in [2.24, 2.45) is 5.73 Å². The molecule has 0 spiro atoms. The van der Waals surface area contributed by atoms with E-state index in [0.29, 0.717) is 0 Å². The van der Waals surface area contributed by atoms with Crippen LogP contribution in [0.15, 0.2) is 18.2 Å². The lowest BCUT2D eigenvalue weighted by Gasteiger charge is -2.16. The van der Waals surface area contributed by atoms with Crippen LogP contribution in [0, 0.1) is 0 Å². The van der Waals surface area contributed by atoms with Crippen LogP contribution in [0.5, 0.6) is 11.5 Å². The summed E-state index contributed by atoms with van der Waals surface area (Å²) in [6.07, 6.45) is -5.08. The van der Waals surface area contributed by atoms with Gasteiger partial charge in [0, 0.05) is 6.42 Å². The molecule has 0 amide bonds. The van der Waals surface area contributed by atoms with Crippen LogP contribution in [0.25, 0.3) is 0 Å². The molecule has 0 bridgehead atoms. The average Bonchev–Trinajstić information content (AvgIpc) is 2.09. The Morgan fingerprint density at radius 1 is 1.27 bits per heavy atom. The number of aromatic hydroxyl groups is 2. The van der Waals surface area contributed by atoms with Crippen molar-refractivity contribution in [2.75, 3.05) is 0 Å². The van der Waals surface area contributed by atoms with Crippen molar-refractivity contribution in [1.29, 1.82) is 0 Å². The van der Waals surface area contributed by atoms with E-state index in [2.05, 4.69) is 0 Å². The van der Waals surface area contributed by atoms with Crippen molar-refractivity contribution in [3.8, 4) is 11.5 Å². The van der Waals surface area contributed by atoms with Gasteiger partial charge in [-0.3, -0.25) is 0 Å². The molecular weight excluding hydrogens is 211 g/mol. The van der Waals surface area contributed by atoms with E-state index < -0.39 is 18.6 Å². The van der Waals surface area contributed by atoms with E-state index in [1.165, 1.54) is 6.07 Å². The predicted octanol–water partition coefficient (Wildman–Crippen LogP) is 1.53. The number of hydrogen-bond donors (Lipinski definition) is 3. The fraction of sp³-hybridized carbons (Fsp3) is 0.333. The van der Waals surface area contributed by atoms with Gasteiger partial charge in [-0.2, -0.15) is 13.2 Å². The van der Waals surface area contributed by atoms with Gasteiger partial charge in [0.15, 0.2) is 0 Å². The molecule has 0 aliphatic rings. The highest BCUT2D eigenvalue weighted by Crippen LogP contribution is 2.27. The fourth-order valence-electron chi connectivity index (χ4n) is 1.09. The quantitative estimate of drug-likeness (QED) is 0.663. The Morgan fingerprint density at radius 2 is 1.87 bits per heavy atom. The van der Waals surface area contributed by atoms with Gasteiger partial charge in [0.2, 0.25) is 0 Å². The molecule has 84 valence electrons. The van der Waals surface area contributed by atoms with Gasteiger partial charge < -0.3 is 15.9 Å². The molecule has 0 aliphatic heterocycles. The number of hydrogen-bond acceptors (Lipinski definition) is 3. The molecule has 15 heavy (non-hydrogen) atoms. The second-order valence-electron chi connectivity index (χ2n) is 3.17. The SMILES string of the molecule is NC(Cc1cc(O)ccc1O)C(F)(F)F. The highest BCUT2D eigenvalue weighted by molar-refractivity contribution is 5.39. The first-order chi connectivity index (χ1) is 6.80. The average molecular weight is 221 g/mol. The van der Waals surface area contributed by atoms with Crippen molar-refractivity contribution in [2.45, 2.75) is 18.6 Å². The zero-order valence-electron chi connectivity index (χ0n) is 7.62. The Bertz CT molecular complexity index is 352. The Morgan fingerprint density at radius 3 is 2.40 bits per heavy atom. The third-order valence-corrected chi connectivity index (χ3v) is 1.92. The van der Waals surface area contributed by atoms with E-state index in [-0.39, 0.29) is 17.1 Å². The van der Waals surface area contributed by atoms with Crippen LogP contribution in [0.4, 0.5) is 13.2 Å². The third-order valence-electron chi connectivity index (χ3n) is 1.92. The smallest absolute Gasteiger partial charge is 0.403 e. The zero-order chi connectivity index (χ0) is 11.6. The molecule has 1 atom stereocenters. The number of alkyl halides is 3. The van der Waals surface area contributed by atoms with E-state index in [0.717, 1.165) is 12.1 Å². The van der Waals surface area contributed by atoms with Gasteiger partial charge in [-0.15, -0.1) is 0 Å². The van der Waals surface area contributed by atoms with Gasteiger partial charge in [0.1, 0.15) is 17.5 Å².